The molecule has 0 saturated heterocycles. The molecule has 0 fully saturated rings. The second-order valence-electron chi connectivity index (χ2n) is 8.63. The molecule has 0 aliphatic heterocycles. The van der Waals surface area contributed by atoms with Crippen LogP contribution in [0.15, 0.2) is 49.1 Å². The van der Waals surface area contributed by atoms with Crippen LogP contribution in [-0.4, -0.2) is 34.2 Å². The highest BCUT2D eigenvalue weighted by atomic mass is 16.6. The average molecular weight is 420 g/mol. The molecular weight excluding hydrogens is 384 g/mol. The average Bonchev–Trinajstić information content (AvgIpc) is 2.64. The largest absolute Gasteiger partial charge is 0.444 e. The van der Waals surface area contributed by atoms with E-state index in [9.17, 15) is 4.79 Å². The zero-order valence-electron chi connectivity index (χ0n) is 18.8. The van der Waals surface area contributed by atoms with Crippen LogP contribution in [0.3, 0.4) is 0 Å². The lowest BCUT2D eigenvalue weighted by molar-refractivity contribution is -0.904. The first-order valence-corrected chi connectivity index (χ1v) is 9.84. The number of hydrogen-bond acceptors (Lipinski definition) is 6. The van der Waals surface area contributed by atoms with Gasteiger partial charge in [0.15, 0.2) is 0 Å². The van der Waals surface area contributed by atoms with Gasteiger partial charge in [0.2, 0.25) is 12.4 Å². The number of hydrogen-bond donors (Lipinski definition) is 3. The molecule has 2 aromatic heterocycles. The highest BCUT2D eigenvalue weighted by Crippen LogP contribution is 2.07. The maximum atomic E-state index is 11.3. The summed E-state index contributed by atoms with van der Waals surface area (Å²) in [5, 5.41) is 14.8. The van der Waals surface area contributed by atoms with E-state index < -0.39 is 11.7 Å². The number of ether oxygens (including phenoxy) is 2. The molecule has 0 aliphatic rings. The predicted molar refractivity (Wildman–Crippen MR) is 114 cm³/mol. The summed E-state index contributed by atoms with van der Waals surface area (Å²) in [7, 11) is 0. The maximum Gasteiger partial charge on any atom is 0.407 e. The van der Waals surface area contributed by atoms with Crippen molar-refractivity contribution in [2.24, 2.45) is 0 Å². The lowest BCUT2D eigenvalue weighted by Gasteiger charge is -2.19. The molecule has 3 N–H and O–H groups in total. The van der Waals surface area contributed by atoms with Crippen molar-refractivity contribution in [1.29, 1.82) is 0 Å². The molecule has 0 bridgehead atoms. The molecule has 2 rings (SSSR count). The van der Waals surface area contributed by atoms with Crippen LogP contribution in [0.4, 0.5) is 4.79 Å². The van der Waals surface area contributed by atoms with Crippen molar-refractivity contribution in [1.82, 2.24) is 15.6 Å². The summed E-state index contributed by atoms with van der Waals surface area (Å²) in [6.45, 7) is 13.3. The van der Waals surface area contributed by atoms with Gasteiger partial charge < -0.3 is 14.8 Å². The van der Waals surface area contributed by atoms with Crippen molar-refractivity contribution in [2.45, 2.75) is 65.8 Å². The molecule has 166 valence electrons. The Morgan fingerprint density at radius 3 is 2.07 bits per heavy atom. The van der Waals surface area contributed by atoms with Gasteiger partial charge in [-0.05, 0) is 64.8 Å². The molecule has 2 aromatic rings. The molecule has 0 spiro atoms. The van der Waals surface area contributed by atoms with Gasteiger partial charge in [-0.2, -0.15) is 0 Å². The van der Waals surface area contributed by atoms with E-state index in [4.69, 9.17) is 14.7 Å². The predicted octanol–water partition coefficient (Wildman–Crippen LogP) is 3.18. The smallest absolute Gasteiger partial charge is 0.407 e. The second-order valence-corrected chi connectivity index (χ2v) is 8.63. The van der Waals surface area contributed by atoms with Gasteiger partial charge in [-0.3, -0.25) is 15.5 Å². The molecule has 0 saturated carbocycles. The molecule has 0 aromatic carbocycles. The number of carbonyl (C=O) groups is 1. The zero-order chi connectivity index (χ0) is 22.6. The lowest BCUT2D eigenvalue weighted by atomic mass is 10.2. The Labute approximate surface area is 179 Å². The van der Waals surface area contributed by atoms with Crippen LogP contribution in [0.25, 0.3) is 0 Å². The summed E-state index contributed by atoms with van der Waals surface area (Å²) in [5.74, 6) is 0. The Morgan fingerprint density at radius 1 is 0.967 bits per heavy atom. The van der Waals surface area contributed by atoms with Crippen LogP contribution >= 0.6 is 0 Å². The quantitative estimate of drug-likeness (QED) is 0.288. The first-order valence-electron chi connectivity index (χ1n) is 9.84. The van der Waals surface area contributed by atoms with Crippen molar-refractivity contribution < 1.29 is 24.2 Å². The lowest BCUT2D eigenvalue weighted by Crippen LogP contribution is -2.32. The molecule has 1 amide bonds. The fraction of sp³-hybridized carbons (Fsp3) is 0.500. The highest BCUT2D eigenvalue weighted by molar-refractivity contribution is 5.67. The first-order chi connectivity index (χ1) is 13.9. The number of rotatable bonds is 6. The van der Waals surface area contributed by atoms with Gasteiger partial charge >= 0.3 is 6.09 Å². The Kier molecular flexibility index (Phi) is 10.2. The Balaban J connectivity index is 0.000000300. The van der Waals surface area contributed by atoms with E-state index in [1.165, 1.54) is 0 Å². The summed E-state index contributed by atoms with van der Waals surface area (Å²) >= 11 is 0. The molecular formula is C22H35N4O4+. The van der Waals surface area contributed by atoms with Crippen LogP contribution in [0.5, 0.6) is 0 Å². The van der Waals surface area contributed by atoms with Crippen molar-refractivity contribution in [3.8, 4) is 0 Å². The highest BCUT2D eigenvalue weighted by Gasteiger charge is 2.15. The molecule has 0 unspecified atom stereocenters. The van der Waals surface area contributed by atoms with Gasteiger partial charge in [0.25, 0.3) is 0 Å². The third-order valence-electron chi connectivity index (χ3n) is 3.40. The second kappa shape index (κ2) is 12.1. The standard InChI is InChI=1S/C11H19N2O2.C11H16N2O2/c1-11(2,3)15-9-12-8-10-4-6-13(14)7-5-10;1-11(2,3)15-10(14)13-8-9-4-6-12-7-5-9/h4-7,12,14H,8-9H2,1-3H3;4-7H,8H2,1-3H3,(H,13,14)/q+1;. The normalized spacial score (nSPS) is 11.3. The number of pyridine rings is 2. The van der Waals surface area contributed by atoms with Crippen LogP contribution in [0.1, 0.15) is 52.7 Å². The van der Waals surface area contributed by atoms with E-state index in [2.05, 4.69) is 15.6 Å². The van der Waals surface area contributed by atoms with Gasteiger partial charge in [-0.25, -0.2) is 4.79 Å². The van der Waals surface area contributed by atoms with E-state index in [0.717, 1.165) is 22.4 Å². The number of alkyl carbamates (subject to hydrolysis) is 1. The van der Waals surface area contributed by atoms with Crippen LogP contribution < -0.4 is 15.4 Å². The molecule has 0 aliphatic carbocycles. The Hall–Kier alpha value is -2.71. The van der Waals surface area contributed by atoms with Crippen molar-refractivity contribution in [2.75, 3.05) is 6.73 Å². The summed E-state index contributed by atoms with van der Waals surface area (Å²) in [6.07, 6.45) is 6.17. The molecule has 30 heavy (non-hydrogen) atoms. The van der Waals surface area contributed by atoms with Crippen LogP contribution in [0.2, 0.25) is 0 Å². The van der Waals surface area contributed by atoms with E-state index in [1.807, 2.05) is 65.8 Å². The minimum absolute atomic E-state index is 0.113. The minimum Gasteiger partial charge on any atom is -0.444 e. The van der Waals surface area contributed by atoms with Gasteiger partial charge in [0, 0.05) is 42.3 Å². The first kappa shape index (κ1) is 25.3. The number of carbonyl (C=O) groups excluding carboxylic acids is 1. The summed E-state index contributed by atoms with van der Waals surface area (Å²) in [5.41, 5.74) is 1.54. The van der Waals surface area contributed by atoms with Gasteiger partial charge in [0.1, 0.15) is 5.60 Å². The topological polar surface area (TPSA) is 96.6 Å². The fourth-order valence-corrected chi connectivity index (χ4v) is 2.02. The third-order valence-corrected chi connectivity index (χ3v) is 3.40. The zero-order valence-corrected chi connectivity index (χ0v) is 18.8. The SMILES string of the molecule is CC(C)(C)OC(=O)NCc1ccncc1.CC(C)(C)OCNCc1cc[n+](O)cc1. The van der Waals surface area contributed by atoms with E-state index in [-0.39, 0.29) is 5.60 Å². The van der Waals surface area contributed by atoms with Crippen molar-refractivity contribution in [3.63, 3.8) is 0 Å². The number of amides is 1. The molecule has 8 heteroatoms. The van der Waals surface area contributed by atoms with E-state index >= 15 is 0 Å². The summed E-state index contributed by atoms with van der Waals surface area (Å²) < 4.78 is 11.6. The van der Waals surface area contributed by atoms with E-state index in [0.29, 0.717) is 13.3 Å². The maximum absolute atomic E-state index is 11.3. The third kappa shape index (κ3) is 13.5. The monoisotopic (exact) mass is 419 g/mol. The molecule has 2 heterocycles. The Morgan fingerprint density at radius 2 is 1.53 bits per heavy atom. The Bertz CT molecular complexity index is 738. The minimum atomic E-state index is -0.456. The molecule has 0 radical (unpaired) electrons. The molecule has 8 nitrogen and oxygen atoms in total. The van der Waals surface area contributed by atoms with Gasteiger partial charge in [0.05, 0.1) is 12.3 Å². The summed E-state index contributed by atoms with van der Waals surface area (Å²) in [6, 6.07) is 7.39. The van der Waals surface area contributed by atoms with Crippen LogP contribution in [0, 0.1) is 0 Å². The fourth-order valence-electron chi connectivity index (χ4n) is 2.02. The number of aromatic nitrogens is 2. The van der Waals surface area contributed by atoms with Gasteiger partial charge in [-0.1, -0.05) is 0 Å². The number of nitrogens with one attached hydrogen (secondary N) is 2. The van der Waals surface area contributed by atoms with E-state index in [1.54, 1.807) is 24.8 Å². The number of nitrogens with zero attached hydrogens (tertiary/aromatic N) is 2. The van der Waals surface area contributed by atoms with Gasteiger partial charge in [-0.15, -0.1) is 0 Å². The molecule has 0 atom stereocenters. The summed E-state index contributed by atoms with van der Waals surface area (Å²) in [4.78, 5) is 15.2. The van der Waals surface area contributed by atoms with Crippen molar-refractivity contribution in [3.05, 3.63) is 60.2 Å². The van der Waals surface area contributed by atoms with Crippen LogP contribution in [-0.2, 0) is 22.6 Å². The van der Waals surface area contributed by atoms with Crippen molar-refractivity contribution >= 4 is 6.09 Å².